The van der Waals surface area contributed by atoms with E-state index in [2.05, 4.69) is 31.2 Å². The number of hydrogen-bond acceptors (Lipinski definition) is 10. The lowest BCUT2D eigenvalue weighted by Gasteiger charge is -2.47. The van der Waals surface area contributed by atoms with Crippen LogP contribution in [0.3, 0.4) is 0 Å². The van der Waals surface area contributed by atoms with Gasteiger partial charge >= 0.3 is 5.97 Å². The van der Waals surface area contributed by atoms with Crippen LogP contribution in [0.4, 0.5) is 5.69 Å². The number of nitro groups is 1. The molecule has 33 heavy (non-hydrogen) atoms. The lowest BCUT2D eigenvalue weighted by atomic mass is 10.1. The molecule has 0 aromatic heterocycles. The predicted molar refractivity (Wildman–Crippen MR) is 119 cm³/mol. The van der Waals surface area contributed by atoms with Crippen LogP contribution in [0.1, 0.15) is 5.56 Å². The first-order valence-corrected chi connectivity index (χ1v) is 11.5. The Labute approximate surface area is 199 Å². The van der Waals surface area contributed by atoms with Gasteiger partial charge in [-0.3, -0.25) is 24.5 Å². The van der Waals surface area contributed by atoms with Crippen molar-refractivity contribution >= 4 is 62.7 Å². The van der Waals surface area contributed by atoms with E-state index in [9.17, 15) is 29.3 Å². The first-order chi connectivity index (χ1) is 15.8. The van der Waals surface area contributed by atoms with Crippen molar-refractivity contribution in [2.75, 3.05) is 18.2 Å². The summed E-state index contributed by atoms with van der Waals surface area (Å²) in [4.78, 5) is 65.0. The van der Waals surface area contributed by atoms with E-state index in [1.807, 2.05) is 0 Å². The molecule has 2 amide bonds. The zero-order valence-corrected chi connectivity index (χ0v) is 19.5. The van der Waals surface area contributed by atoms with Crippen LogP contribution in [0.15, 0.2) is 41.2 Å². The molecule has 1 N–H and O–H groups in total. The smallest absolute Gasteiger partial charge is 0.336 e. The maximum absolute atomic E-state index is 12.5. The van der Waals surface area contributed by atoms with Crippen molar-refractivity contribution in [2.45, 2.75) is 18.0 Å². The van der Waals surface area contributed by atoms with Crippen molar-refractivity contribution in [3.05, 3.63) is 51.7 Å². The zero-order valence-electron chi connectivity index (χ0n) is 17.1. The molecule has 0 spiro atoms. The fourth-order valence-corrected chi connectivity index (χ4v) is 4.47. The minimum atomic E-state index is -0.887. The van der Waals surface area contributed by atoms with E-state index in [1.54, 1.807) is 0 Å². The highest BCUT2D eigenvalue weighted by molar-refractivity contribution is 9.09. The molecule has 3 rings (SSSR count). The van der Waals surface area contributed by atoms with E-state index >= 15 is 0 Å². The summed E-state index contributed by atoms with van der Waals surface area (Å²) in [7, 11) is 1.19. The number of nitro benzene ring substituents is 1. The maximum Gasteiger partial charge on any atom is 0.336 e. The number of nitrogens with zero attached hydrogens (tertiary/aromatic N) is 3. The van der Waals surface area contributed by atoms with Crippen molar-refractivity contribution in [1.82, 2.24) is 10.2 Å². The summed E-state index contributed by atoms with van der Waals surface area (Å²) in [6.07, 6.45) is 1.37. The Kier molecular flexibility index (Phi) is 7.81. The molecular formula is C19H17BrN4O8S. The van der Waals surface area contributed by atoms with E-state index in [0.717, 1.165) is 0 Å². The van der Waals surface area contributed by atoms with E-state index < -0.39 is 45.6 Å². The highest BCUT2D eigenvalue weighted by atomic mass is 79.9. The highest BCUT2D eigenvalue weighted by Crippen LogP contribution is 2.36. The number of thioether (sulfide) groups is 1. The van der Waals surface area contributed by atoms with Gasteiger partial charge in [-0.1, -0.05) is 21.1 Å². The van der Waals surface area contributed by atoms with Crippen LogP contribution < -0.4 is 5.32 Å². The molecule has 14 heteroatoms. The summed E-state index contributed by atoms with van der Waals surface area (Å²) >= 11 is 4.20. The van der Waals surface area contributed by atoms with Crippen LogP contribution in [-0.4, -0.2) is 68.7 Å². The second-order valence-corrected chi connectivity index (χ2v) is 8.40. The molecule has 1 unspecified atom stereocenters. The number of carbonyl (C=O) groups is 4. The highest BCUT2D eigenvalue weighted by Gasteiger charge is 2.50. The average molecular weight is 541 g/mol. The fourth-order valence-electron chi connectivity index (χ4n) is 2.96. The molecule has 1 fully saturated rings. The number of hydrogen-bond donors (Lipinski definition) is 1. The second kappa shape index (κ2) is 10.6. The third-order valence-corrected chi connectivity index (χ3v) is 6.46. The largest absolute Gasteiger partial charge is 0.457 e. The normalized spacial score (nSPS) is 19.6. The number of carbonyl (C=O) groups excluding carboxylic acids is 4. The van der Waals surface area contributed by atoms with Crippen LogP contribution in [0.5, 0.6) is 0 Å². The maximum atomic E-state index is 12.5. The van der Waals surface area contributed by atoms with Gasteiger partial charge in [0.15, 0.2) is 0 Å². The van der Waals surface area contributed by atoms with Crippen molar-refractivity contribution in [2.24, 2.45) is 5.16 Å². The summed E-state index contributed by atoms with van der Waals surface area (Å²) in [5.41, 5.74) is 0.294. The molecule has 2 aliphatic heterocycles. The number of nitrogens with one attached hydrogen (secondary N) is 1. The Morgan fingerprint density at radius 3 is 2.64 bits per heavy atom. The lowest BCUT2D eigenvalue weighted by molar-refractivity contribution is -0.384. The third-order valence-electron chi connectivity index (χ3n) is 4.63. The monoisotopic (exact) mass is 540 g/mol. The van der Waals surface area contributed by atoms with Crippen molar-refractivity contribution in [1.29, 1.82) is 0 Å². The summed E-state index contributed by atoms with van der Waals surface area (Å²) in [6, 6.07) is 4.70. The topological polar surface area (TPSA) is 158 Å². The first-order valence-electron chi connectivity index (χ1n) is 9.33. The quantitative estimate of drug-likeness (QED) is 0.0912. The van der Waals surface area contributed by atoms with Gasteiger partial charge in [-0.2, -0.15) is 0 Å². The average Bonchev–Trinajstić information content (AvgIpc) is 2.83. The lowest BCUT2D eigenvalue weighted by Crippen LogP contribution is -2.69. The summed E-state index contributed by atoms with van der Waals surface area (Å²) in [6.45, 7) is -0.0852. The van der Waals surface area contributed by atoms with Crippen molar-refractivity contribution in [3.8, 4) is 0 Å². The SMILES string of the molecule is CON=C(C(=O)CBr)C(=O)NC1C(=O)N2C=C(C(=O)OCc3ccc([N+](=O)[O-])cc3)CS[C@H]12. The van der Waals surface area contributed by atoms with Crippen LogP contribution in [0.25, 0.3) is 0 Å². The van der Waals surface area contributed by atoms with Gasteiger partial charge in [-0.25, -0.2) is 4.79 Å². The van der Waals surface area contributed by atoms with Crippen molar-refractivity contribution in [3.63, 3.8) is 0 Å². The van der Waals surface area contributed by atoms with Gasteiger partial charge in [0.2, 0.25) is 11.5 Å². The van der Waals surface area contributed by atoms with Gasteiger partial charge < -0.3 is 19.8 Å². The number of esters is 1. The third kappa shape index (κ3) is 5.39. The van der Waals surface area contributed by atoms with Crippen LogP contribution in [0.2, 0.25) is 0 Å². The Bertz CT molecular complexity index is 1060. The van der Waals surface area contributed by atoms with Gasteiger partial charge in [0.05, 0.1) is 15.8 Å². The molecule has 1 saturated heterocycles. The molecule has 174 valence electrons. The predicted octanol–water partition coefficient (Wildman–Crippen LogP) is 0.888. The fraction of sp³-hybridized carbons (Fsp3) is 0.316. The van der Waals surface area contributed by atoms with Crippen LogP contribution >= 0.6 is 27.7 Å². The van der Waals surface area contributed by atoms with Gasteiger partial charge in [-0.15, -0.1) is 11.8 Å². The standard InChI is InChI=1S/C19H17BrN4O8S/c1-31-22-14(13(25)6-20)16(26)21-15-17(27)23-7-11(9-33-18(15)23)19(28)32-8-10-2-4-12(5-3-10)24(29)30/h2-5,7,15,18H,6,8-9H2,1H3,(H,21,26)/t15?,18-/m1/s1. The molecule has 0 saturated carbocycles. The summed E-state index contributed by atoms with van der Waals surface area (Å²) in [5, 5.41) is 16.0. The second-order valence-electron chi connectivity index (χ2n) is 6.73. The van der Waals surface area contributed by atoms with E-state index in [4.69, 9.17) is 4.74 Å². The zero-order chi connectivity index (χ0) is 24.1. The van der Waals surface area contributed by atoms with E-state index in [1.165, 1.54) is 54.2 Å². The van der Waals surface area contributed by atoms with Crippen LogP contribution in [-0.2, 0) is 35.4 Å². The number of rotatable bonds is 9. The number of Topliss-reactive ketones (excluding diaryl/α,β-unsaturated/α-hetero) is 1. The minimum absolute atomic E-state index is 0.0716. The molecule has 1 aromatic rings. The molecule has 12 nitrogen and oxygen atoms in total. The number of ketones is 1. The van der Waals surface area contributed by atoms with E-state index in [0.29, 0.717) is 5.56 Å². The molecule has 2 aliphatic rings. The van der Waals surface area contributed by atoms with Gasteiger partial charge in [-0.05, 0) is 17.7 Å². The Balaban J connectivity index is 1.57. The number of alkyl halides is 1. The van der Waals surface area contributed by atoms with Crippen LogP contribution in [0, 0.1) is 10.1 Å². The Morgan fingerprint density at radius 2 is 2.03 bits per heavy atom. The molecule has 1 aromatic carbocycles. The van der Waals surface area contributed by atoms with E-state index in [-0.39, 0.29) is 29.0 Å². The number of β-lactam (4-membered cyclic amide) rings is 1. The molecule has 2 atom stereocenters. The number of oxime groups is 1. The molecule has 2 heterocycles. The van der Waals surface area contributed by atoms with Gasteiger partial charge in [0.1, 0.15) is 25.1 Å². The number of non-ortho nitro benzene ring substituents is 1. The molecule has 0 bridgehead atoms. The van der Waals surface area contributed by atoms with Gasteiger partial charge in [0, 0.05) is 24.1 Å². The van der Waals surface area contributed by atoms with Gasteiger partial charge in [0.25, 0.3) is 17.5 Å². The molecule has 0 aliphatic carbocycles. The first kappa shape index (κ1) is 24.4. The number of ether oxygens (including phenoxy) is 1. The number of amides is 2. The Morgan fingerprint density at radius 1 is 1.33 bits per heavy atom. The summed E-state index contributed by atoms with van der Waals surface area (Å²) in [5.74, 6) is -2.29. The van der Waals surface area contributed by atoms with Crippen molar-refractivity contribution < 1.29 is 33.7 Å². The molecule has 0 radical (unpaired) electrons. The molecular weight excluding hydrogens is 524 g/mol. The number of fused-ring (bicyclic) bond motifs is 1. The Hall–Kier alpha value is -3.26. The number of halogens is 1. The number of benzene rings is 1. The summed E-state index contributed by atoms with van der Waals surface area (Å²) < 4.78 is 5.23. The minimum Gasteiger partial charge on any atom is -0.457 e.